The molecule has 18 heavy (non-hydrogen) atoms. The molecule has 0 aliphatic rings. The first kappa shape index (κ1) is 15.2. The average Bonchev–Trinajstić information content (AvgIpc) is 2.26. The zero-order valence-electron chi connectivity index (χ0n) is 10.6. The lowest BCUT2D eigenvalue weighted by Crippen LogP contribution is -2.30. The third kappa shape index (κ3) is 5.64. The molecule has 0 fully saturated rings. The van der Waals surface area contributed by atoms with Gasteiger partial charge in [0.25, 0.3) is 0 Å². The summed E-state index contributed by atoms with van der Waals surface area (Å²) in [4.78, 5) is 1.91. The molecule has 0 spiro atoms. The van der Waals surface area contributed by atoms with Gasteiger partial charge in [0.1, 0.15) is 9.84 Å². The molecule has 0 unspecified atom stereocenters. The van der Waals surface area contributed by atoms with E-state index in [1.54, 1.807) is 24.3 Å². The van der Waals surface area contributed by atoms with E-state index in [9.17, 15) is 8.42 Å². The summed E-state index contributed by atoms with van der Waals surface area (Å²) in [5, 5.41) is 17.9. The summed E-state index contributed by atoms with van der Waals surface area (Å²) in [6.07, 6.45) is 1.22. The third-order valence-corrected chi connectivity index (χ3v) is 3.50. The van der Waals surface area contributed by atoms with E-state index in [0.29, 0.717) is 18.6 Å². The minimum Gasteiger partial charge on any atom is -0.423 e. The Labute approximate surface area is 108 Å². The van der Waals surface area contributed by atoms with E-state index in [2.05, 4.69) is 0 Å². The highest BCUT2D eigenvalue weighted by molar-refractivity contribution is 7.90. The molecule has 0 saturated carbocycles. The molecule has 0 aliphatic carbocycles. The van der Waals surface area contributed by atoms with Crippen LogP contribution in [0.2, 0.25) is 0 Å². The zero-order valence-corrected chi connectivity index (χ0v) is 11.4. The highest BCUT2D eigenvalue weighted by Crippen LogP contribution is 2.02. The van der Waals surface area contributed by atoms with Crippen molar-refractivity contribution in [2.45, 2.75) is 6.54 Å². The highest BCUT2D eigenvalue weighted by Gasteiger charge is 2.10. The lowest BCUT2D eigenvalue weighted by molar-refractivity contribution is 0.346. The molecule has 5 nitrogen and oxygen atoms in total. The van der Waals surface area contributed by atoms with Crippen LogP contribution in [-0.4, -0.2) is 56.1 Å². The Kier molecular flexibility index (Phi) is 5.34. The molecule has 1 aromatic rings. The topological polar surface area (TPSA) is 77.8 Å². The van der Waals surface area contributed by atoms with Gasteiger partial charge in [0.15, 0.2) is 0 Å². The fraction of sp³-hybridized carbons (Fsp3) is 0.455. The van der Waals surface area contributed by atoms with Crippen LogP contribution < -0.4 is 5.46 Å². The zero-order chi connectivity index (χ0) is 13.8. The number of hydrogen-bond acceptors (Lipinski definition) is 5. The first-order valence-corrected chi connectivity index (χ1v) is 7.65. The molecule has 0 radical (unpaired) electrons. The molecule has 0 atom stereocenters. The van der Waals surface area contributed by atoms with E-state index in [-0.39, 0.29) is 5.75 Å². The fourth-order valence-corrected chi connectivity index (χ4v) is 2.15. The summed E-state index contributed by atoms with van der Waals surface area (Å²) < 4.78 is 22.1. The first-order chi connectivity index (χ1) is 8.28. The van der Waals surface area contributed by atoms with Crippen molar-refractivity contribution in [3.05, 3.63) is 29.8 Å². The summed E-state index contributed by atoms with van der Waals surface area (Å²) >= 11 is 0. The van der Waals surface area contributed by atoms with Gasteiger partial charge >= 0.3 is 7.12 Å². The molecule has 1 aromatic carbocycles. The Morgan fingerprint density at radius 3 is 2.22 bits per heavy atom. The van der Waals surface area contributed by atoms with Gasteiger partial charge in [-0.15, -0.1) is 0 Å². The lowest BCUT2D eigenvalue weighted by Gasteiger charge is -2.16. The van der Waals surface area contributed by atoms with Crippen LogP contribution in [0.3, 0.4) is 0 Å². The van der Waals surface area contributed by atoms with Crippen molar-refractivity contribution in [2.75, 3.05) is 25.6 Å². The molecular formula is C11H18BNO4S. The molecule has 2 N–H and O–H groups in total. The van der Waals surface area contributed by atoms with Crippen LogP contribution in [0.15, 0.2) is 24.3 Å². The Morgan fingerprint density at radius 1 is 1.22 bits per heavy atom. The summed E-state index contributed by atoms with van der Waals surface area (Å²) in [6, 6.07) is 6.88. The average molecular weight is 271 g/mol. The van der Waals surface area contributed by atoms with Gasteiger partial charge in [0.05, 0.1) is 5.75 Å². The van der Waals surface area contributed by atoms with Crippen molar-refractivity contribution in [1.82, 2.24) is 4.90 Å². The monoisotopic (exact) mass is 271 g/mol. The second-order valence-electron chi connectivity index (χ2n) is 4.48. The smallest absolute Gasteiger partial charge is 0.423 e. The maximum Gasteiger partial charge on any atom is 0.488 e. The van der Waals surface area contributed by atoms with Gasteiger partial charge in [0.2, 0.25) is 0 Å². The summed E-state index contributed by atoms with van der Waals surface area (Å²) in [5.41, 5.74) is 1.44. The number of benzene rings is 1. The minimum absolute atomic E-state index is 0.136. The minimum atomic E-state index is -2.94. The van der Waals surface area contributed by atoms with Crippen molar-refractivity contribution in [1.29, 1.82) is 0 Å². The van der Waals surface area contributed by atoms with E-state index >= 15 is 0 Å². The second kappa shape index (κ2) is 6.33. The number of nitrogens with zero attached hydrogens (tertiary/aromatic N) is 1. The predicted molar refractivity (Wildman–Crippen MR) is 72.3 cm³/mol. The van der Waals surface area contributed by atoms with Crippen molar-refractivity contribution in [2.24, 2.45) is 0 Å². The van der Waals surface area contributed by atoms with Crippen LogP contribution in [0.1, 0.15) is 5.56 Å². The van der Waals surface area contributed by atoms with E-state index < -0.39 is 17.0 Å². The molecule has 0 amide bonds. The van der Waals surface area contributed by atoms with E-state index in [0.717, 1.165) is 5.56 Å². The van der Waals surface area contributed by atoms with Gasteiger partial charge in [-0.25, -0.2) is 8.42 Å². The number of hydrogen-bond donors (Lipinski definition) is 2. The van der Waals surface area contributed by atoms with Crippen LogP contribution in [-0.2, 0) is 16.4 Å². The SMILES string of the molecule is CN(CCS(C)(=O)=O)Cc1ccc(B(O)O)cc1. The summed E-state index contributed by atoms with van der Waals surface area (Å²) in [5.74, 6) is 0.136. The predicted octanol–water partition coefficient (Wildman–Crippen LogP) is -1.16. The van der Waals surface area contributed by atoms with Gasteiger partial charge in [0, 0.05) is 19.3 Å². The highest BCUT2D eigenvalue weighted by atomic mass is 32.2. The van der Waals surface area contributed by atoms with Crippen LogP contribution in [0.5, 0.6) is 0 Å². The van der Waals surface area contributed by atoms with Crippen LogP contribution in [0.25, 0.3) is 0 Å². The largest absolute Gasteiger partial charge is 0.488 e. The third-order valence-electron chi connectivity index (χ3n) is 2.57. The van der Waals surface area contributed by atoms with Crippen molar-refractivity contribution in [3.8, 4) is 0 Å². The van der Waals surface area contributed by atoms with Gasteiger partial charge in [-0.1, -0.05) is 24.3 Å². The molecule has 0 aromatic heterocycles. The van der Waals surface area contributed by atoms with E-state index in [4.69, 9.17) is 10.0 Å². The van der Waals surface area contributed by atoms with Crippen LogP contribution >= 0.6 is 0 Å². The van der Waals surface area contributed by atoms with Crippen LogP contribution in [0, 0.1) is 0 Å². The molecule has 100 valence electrons. The fourth-order valence-electron chi connectivity index (χ4n) is 1.51. The molecule has 0 saturated heterocycles. The Morgan fingerprint density at radius 2 is 1.78 bits per heavy atom. The maximum atomic E-state index is 11.0. The van der Waals surface area contributed by atoms with Gasteiger partial charge < -0.3 is 14.9 Å². The van der Waals surface area contributed by atoms with Crippen molar-refractivity contribution < 1.29 is 18.5 Å². The Hall–Kier alpha value is -0.885. The quantitative estimate of drug-likeness (QED) is 0.638. The van der Waals surface area contributed by atoms with Crippen LogP contribution in [0.4, 0.5) is 0 Å². The molecule has 7 heteroatoms. The molecule has 0 aliphatic heterocycles. The van der Waals surface area contributed by atoms with Crippen molar-refractivity contribution >= 4 is 22.4 Å². The molecule has 0 heterocycles. The van der Waals surface area contributed by atoms with E-state index in [1.165, 1.54) is 6.26 Å². The normalized spacial score (nSPS) is 11.8. The van der Waals surface area contributed by atoms with E-state index in [1.807, 2.05) is 11.9 Å². The first-order valence-electron chi connectivity index (χ1n) is 5.59. The molecular weight excluding hydrogens is 253 g/mol. The Balaban J connectivity index is 2.52. The number of rotatable bonds is 6. The summed E-state index contributed by atoms with van der Waals surface area (Å²) in [6.45, 7) is 1.10. The van der Waals surface area contributed by atoms with Gasteiger partial charge in [-0.3, -0.25) is 0 Å². The second-order valence-corrected chi connectivity index (χ2v) is 6.74. The van der Waals surface area contributed by atoms with Crippen molar-refractivity contribution in [3.63, 3.8) is 0 Å². The Bertz CT molecular complexity index is 472. The standard InChI is InChI=1S/C11H18BNO4S/c1-13(7-8-18(2,16)17)9-10-3-5-11(6-4-10)12(14)15/h3-6,14-15H,7-9H2,1-2H3. The maximum absolute atomic E-state index is 11.0. The molecule has 0 bridgehead atoms. The van der Waals surface area contributed by atoms with Gasteiger partial charge in [-0.2, -0.15) is 0 Å². The van der Waals surface area contributed by atoms with Gasteiger partial charge in [-0.05, 0) is 18.1 Å². The molecule has 1 rings (SSSR count). The lowest BCUT2D eigenvalue weighted by atomic mass is 9.80. The number of sulfone groups is 1. The summed E-state index contributed by atoms with van der Waals surface area (Å²) in [7, 11) is -2.55.